The highest BCUT2D eigenvalue weighted by Crippen LogP contribution is 2.42. The molecule has 0 bridgehead atoms. The Labute approximate surface area is 194 Å². The Hall–Kier alpha value is -3.18. The van der Waals surface area contributed by atoms with Crippen molar-refractivity contribution in [1.29, 1.82) is 0 Å². The summed E-state index contributed by atoms with van der Waals surface area (Å²) >= 11 is 0. The highest BCUT2D eigenvalue weighted by atomic mass is 19.4. The summed E-state index contributed by atoms with van der Waals surface area (Å²) in [6, 6.07) is 0.563. The summed E-state index contributed by atoms with van der Waals surface area (Å²) in [7, 11) is 3.80. The van der Waals surface area contributed by atoms with Crippen molar-refractivity contribution in [2.45, 2.75) is 51.0 Å². The van der Waals surface area contributed by atoms with E-state index in [1.54, 1.807) is 17.6 Å². The lowest BCUT2D eigenvalue weighted by molar-refractivity contribution is -0.201. The second-order valence-corrected chi connectivity index (χ2v) is 8.52. The number of imide groups is 1. The van der Waals surface area contributed by atoms with Crippen LogP contribution in [0.1, 0.15) is 43.5 Å². The number of rotatable bonds is 6. The van der Waals surface area contributed by atoms with Crippen LogP contribution in [0.3, 0.4) is 0 Å². The smallest absolute Gasteiger partial charge is 0.440 e. The van der Waals surface area contributed by atoms with Gasteiger partial charge in [-0.15, -0.1) is 0 Å². The molecule has 0 aromatic heterocycles. The minimum atomic E-state index is -5.32. The van der Waals surface area contributed by atoms with Crippen LogP contribution < -0.4 is 24.8 Å². The maximum atomic E-state index is 14.3. The Balaban J connectivity index is 2.02. The third-order valence-electron chi connectivity index (χ3n) is 6.72. The number of nitrogens with zero attached hydrogens (tertiary/aromatic N) is 1. The Morgan fingerprint density at radius 2 is 1.74 bits per heavy atom. The molecule has 3 rings (SSSR count). The van der Waals surface area contributed by atoms with Crippen molar-refractivity contribution in [3.05, 3.63) is 17.7 Å². The molecule has 188 valence electrons. The van der Waals surface area contributed by atoms with Crippen molar-refractivity contribution in [2.75, 3.05) is 21.3 Å². The van der Waals surface area contributed by atoms with E-state index in [1.807, 2.05) is 6.92 Å². The minimum Gasteiger partial charge on any atom is -0.493 e. The summed E-state index contributed by atoms with van der Waals surface area (Å²) < 4.78 is 58.4. The lowest BCUT2D eigenvalue weighted by Gasteiger charge is -2.38. The van der Waals surface area contributed by atoms with Crippen molar-refractivity contribution < 1.29 is 41.8 Å². The topological polar surface area (TPSA) is 106 Å². The Kier molecular flexibility index (Phi) is 6.90. The fourth-order valence-corrected chi connectivity index (χ4v) is 4.63. The third kappa shape index (κ3) is 3.98. The van der Waals surface area contributed by atoms with Gasteiger partial charge in [0, 0.05) is 6.04 Å². The van der Waals surface area contributed by atoms with Crippen LogP contribution in [0.15, 0.2) is 12.1 Å². The first kappa shape index (κ1) is 25.4. The maximum absolute atomic E-state index is 14.3. The Morgan fingerprint density at radius 3 is 2.29 bits per heavy atom. The van der Waals surface area contributed by atoms with E-state index in [2.05, 4.69) is 0 Å². The molecule has 0 spiro atoms. The average Bonchev–Trinajstić information content (AvgIpc) is 3.04. The minimum absolute atomic E-state index is 0.0212. The first-order valence-corrected chi connectivity index (χ1v) is 10.8. The van der Waals surface area contributed by atoms with E-state index >= 15 is 0 Å². The Bertz CT molecular complexity index is 985. The molecule has 1 saturated carbocycles. The van der Waals surface area contributed by atoms with Crippen LogP contribution in [0, 0.1) is 11.8 Å². The van der Waals surface area contributed by atoms with Crippen molar-refractivity contribution in [1.82, 2.24) is 15.5 Å². The largest absolute Gasteiger partial charge is 0.493 e. The molecular weight excluding hydrogens is 459 g/mol. The molecule has 1 aromatic rings. The molecule has 12 heteroatoms. The van der Waals surface area contributed by atoms with Crippen LogP contribution in [-0.2, 0) is 4.79 Å². The molecule has 0 radical (unpaired) electrons. The quantitative estimate of drug-likeness (QED) is 0.598. The van der Waals surface area contributed by atoms with Crippen molar-refractivity contribution >= 4 is 17.8 Å². The monoisotopic (exact) mass is 487 g/mol. The fourth-order valence-electron chi connectivity index (χ4n) is 4.63. The standard InChI is InChI=1S/C22H28F3N3O6/c1-11-7-6-8-14(12(11)2)28-19(30)21(22(23,24)25,27-20(28)31)26-18(29)13-9-10-15(32-3)17(34-5)16(13)33-4/h9-12,14H,6-8H2,1-5H3,(H,26,29)(H,27,31)/t11-,12-,14-,21-/m0/s1. The summed E-state index contributed by atoms with van der Waals surface area (Å²) in [5, 5.41) is 3.44. The van der Waals surface area contributed by atoms with Gasteiger partial charge in [-0.3, -0.25) is 19.8 Å². The summed E-state index contributed by atoms with van der Waals surface area (Å²) in [5.74, 6) is -2.98. The van der Waals surface area contributed by atoms with Gasteiger partial charge in [-0.2, -0.15) is 13.2 Å². The number of ether oxygens (including phenoxy) is 3. The second-order valence-electron chi connectivity index (χ2n) is 8.52. The number of carbonyl (C=O) groups excluding carboxylic acids is 3. The van der Waals surface area contributed by atoms with Crippen molar-refractivity contribution in [2.24, 2.45) is 11.8 Å². The molecule has 1 heterocycles. The first-order chi connectivity index (χ1) is 15.9. The summed E-state index contributed by atoms with van der Waals surface area (Å²) in [6.07, 6.45) is -3.42. The predicted octanol–water partition coefficient (Wildman–Crippen LogP) is 3.08. The van der Waals surface area contributed by atoms with E-state index in [4.69, 9.17) is 14.2 Å². The molecule has 2 N–H and O–H groups in total. The second kappa shape index (κ2) is 9.22. The van der Waals surface area contributed by atoms with E-state index in [1.165, 1.54) is 33.5 Å². The van der Waals surface area contributed by atoms with Crippen molar-refractivity contribution in [3.63, 3.8) is 0 Å². The zero-order valence-corrected chi connectivity index (χ0v) is 19.5. The number of methoxy groups -OCH3 is 3. The van der Waals surface area contributed by atoms with Gasteiger partial charge in [0.1, 0.15) is 0 Å². The van der Waals surface area contributed by atoms with Gasteiger partial charge in [0.15, 0.2) is 11.5 Å². The van der Waals surface area contributed by atoms with Gasteiger partial charge in [0.05, 0.1) is 26.9 Å². The zero-order chi connectivity index (χ0) is 25.4. The molecular formula is C22H28F3N3O6. The molecule has 1 aromatic carbocycles. The summed E-state index contributed by atoms with van der Waals surface area (Å²) in [5.41, 5.74) is -3.97. The third-order valence-corrected chi connectivity index (χ3v) is 6.72. The molecule has 1 aliphatic carbocycles. The van der Waals surface area contributed by atoms with Crippen LogP contribution in [0.25, 0.3) is 0 Å². The number of benzene rings is 1. The number of carbonyl (C=O) groups is 3. The molecule has 9 nitrogen and oxygen atoms in total. The van der Waals surface area contributed by atoms with Gasteiger partial charge in [0.2, 0.25) is 5.75 Å². The van der Waals surface area contributed by atoms with E-state index < -0.39 is 35.7 Å². The normalized spacial score (nSPS) is 27.3. The number of nitrogens with one attached hydrogen (secondary N) is 2. The van der Waals surface area contributed by atoms with Gasteiger partial charge in [-0.1, -0.05) is 26.7 Å². The zero-order valence-electron chi connectivity index (χ0n) is 19.5. The molecule has 4 amide bonds. The molecule has 1 aliphatic heterocycles. The van der Waals surface area contributed by atoms with E-state index in [9.17, 15) is 27.6 Å². The summed E-state index contributed by atoms with van der Waals surface area (Å²) in [6.45, 7) is 3.73. The molecule has 0 unspecified atom stereocenters. The molecule has 4 atom stereocenters. The van der Waals surface area contributed by atoms with Gasteiger partial charge < -0.3 is 19.5 Å². The van der Waals surface area contributed by atoms with Crippen molar-refractivity contribution in [3.8, 4) is 17.2 Å². The Morgan fingerprint density at radius 1 is 1.09 bits per heavy atom. The van der Waals surface area contributed by atoms with Gasteiger partial charge in [-0.25, -0.2) is 4.79 Å². The van der Waals surface area contributed by atoms with Crippen LogP contribution in [-0.4, -0.2) is 62.0 Å². The summed E-state index contributed by atoms with van der Waals surface area (Å²) in [4.78, 5) is 39.6. The number of hydrogen-bond acceptors (Lipinski definition) is 6. The van der Waals surface area contributed by atoms with Gasteiger partial charge >= 0.3 is 12.2 Å². The fraction of sp³-hybridized carbons (Fsp3) is 0.591. The average molecular weight is 487 g/mol. The van der Waals surface area contributed by atoms with Crippen LogP contribution in [0.5, 0.6) is 17.2 Å². The molecule has 2 fully saturated rings. The lowest BCUT2D eigenvalue weighted by atomic mass is 9.77. The van der Waals surface area contributed by atoms with E-state index in [0.29, 0.717) is 17.7 Å². The number of alkyl halides is 3. The molecule has 1 saturated heterocycles. The SMILES string of the molecule is COc1ccc(C(=O)N[C@]2(C(F)(F)F)NC(=O)N([C@H]3CCC[C@H](C)[C@@H]3C)C2=O)c(OC)c1OC. The maximum Gasteiger partial charge on any atom is 0.440 e. The van der Waals surface area contributed by atoms with E-state index in [-0.39, 0.29) is 34.6 Å². The number of urea groups is 1. The number of halogens is 3. The van der Waals surface area contributed by atoms with Crippen LogP contribution >= 0.6 is 0 Å². The molecule has 2 aliphatic rings. The number of hydrogen-bond donors (Lipinski definition) is 2. The predicted molar refractivity (Wildman–Crippen MR) is 114 cm³/mol. The van der Waals surface area contributed by atoms with E-state index in [0.717, 1.165) is 6.42 Å². The van der Waals surface area contributed by atoms with Gasteiger partial charge in [0.25, 0.3) is 17.5 Å². The van der Waals surface area contributed by atoms with Crippen LogP contribution in [0.2, 0.25) is 0 Å². The highest BCUT2D eigenvalue weighted by molar-refractivity contribution is 6.11. The first-order valence-electron chi connectivity index (χ1n) is 10.8. The van der Waals surface area contributed by atoms with Crippen LogP contribution in [0.4, 0.5) is 18.0 Å². The lowest BCUT2D eigenvalue weighted by Crippen LogP contribution is -2.69. The van der Waals surface area contributed by atoms with Gasteiger partial charge in [-0.05, 0) is 30.4 Å². The highest BCUT2D eigenvalue weighted by Gasteiger charge is 2.70. The number of amides is 4. The molecule has 34 heavy (non-hydrogen) atoms.